The Morgan fingerprint density at radius 3 is 2.59 bits per heavy atom. The van der Waals surface area contributed by atoms with Crippen molar-refractivity contribution in [3.8, 4) is 11.5 Å². The first-order valence-electron chi connectivity index (χ1n) is 5.41. The van der Waals surface area contributed by atoms with Crippen LogP contribution < -0.4 is 4.74 Å². The standard InChI is InChI=1S/C14H14O3/c1-8-5-4-6-11-13(8)12(17-10(3)15)7-9(2)14(11)16/h4-7,16H,1-3H3. The highest BCUT2D eigenvalue weighted by Gasteiger charge is 2.12. The van der Waals surface area contributed by atoms with Gasteiger partial charge >= 0.3 is 5.97 Å². The van der Waals surface area contributed by atoms with Gasteiger partial charge in [0.2, 0.25) is 0 Å². The molecule has 3 heteroatoms. The summed E-state index contributed by atoms with van der Waals surface area (Å²) in [6, 6.07) is 7.29. The number of phenolic OH excluding ortho intramolecular Hbond substituents is 1. The summed E-state index contributed by atoms with van der Waals surface area (Å²) in [6.07, 6.45) is 0. The molecule has 0 atom stereocenters. The molecular weight excluding hydrogens is 216 g/mol. The Balaban J connectivity index is 2.83. The first-order chi connectivity index (χ1) is 8.00. The van der Waals surface area contributed by atoms with Crippen LogP contribution in [0.1, 0.15) is 18.1 Å². The van der Waals surface area contributed by atoms with E-state index in [-0.39, 0.29) is 11.7 Å². The molecule has 0 aromatic heterocycles. The molecule has 0 radical (unpaired) electrons. The number of aryl methyl sites for hydroxylation is 2. The van der Waals surface area contributed by atoms with E-state index >= 15 is 0 Å². The van der Waals surface area contributed by atoms with Gasteiger partial charge in [0, 0.05) is 17.7 Å². The summed E-state index contributed by atoms with van der Waals surface area (Å²) in [5.74, 6) is 0.375. The Bertz CT molecular complexity index is 600. The molecule has 1 N–H and O–H groups in total. The monoisotopic (exact) mass is 230 g/mol. The van der Waals surface area contributed by atoms with E-state index in [1.165, 1.54) is 6.92 Å². The van der Waals surface area contributed by atoms with Crippen molar-refractivity contribution in [3.63, 3.8) is 0 Å². The molecule has 0 saturated heterocycles. The minimum absolute atomic E-state index is 0.236. The number of hydrogen-bond acceptors (Lipinski definition) is 3. The Morgan fingerprint density at radius 1 is 1.24 bits per heavy atom. The quantitative estimate of drug-likeness (QED) is 0.605. The largest absolute Gasteiger partial charge is 0.507 e. The average Bonchev–Trinajstić information content (AvgIpc) is 2.24. The van der Waals surface area contributed by atoms with Crippen molar-refractivity contribution in [2.24, 2.45) is 0 Å². The lowest BCUT2D eigenvalue weighted by atomic mass is 10.0. The van der Waals surface area contributed by atoms with Crippen LogP contribution in [0.15, 0.2) is 24.3 Å². The van der Waals surface area contributed by atoms with E-state index in [0.29, 0.717) is 16.7 Å². The van der Waals surface area contributed by atoms with Crippen LogP contribution >= 0.6 is 0 Å². The molecule has 2 aromatic rings. The maximum Gasteiger partial charge on any atom is 0.308 e. The van der Waals surface area contributed by atoms with Gasteiger partial charge < -0.3 is 9.84 Å². The number of esters is 1. The number of carbonyl (C=O) groups is 1. The zero-order chi connectivity index (χ0) is 12.6. The second-order valence-corrected chi connectivity index (χ2v) is 4.13. The number of aromatic hydroxyl groups is 1. The average molecular weight is 230 g/mol. The van der Waals surface area contributed by atoms with Crippen LogP contribution in [0.4, 0.5) is 0 Å². The Hall–Kier alpha value is -2.03. The number of carbonyl (C=O) groups excluding carboxylic acids is 1. The molecule has 88 valence electrons. The van der Waals surface area contributed by atoms with Crippen LogP contribution in [0.5, 0.6) is 11.5 Å². The second-order valence-electron chi connectivity index (χ2n) is 4.13. The van der Waals surface area contributed by atoms with Gasteiger partial charge in [-0.1, -0.05) is 18.2 Å². The van der Waals surface area contributed by atoms with Crippen molar-refractivity contribution in [2.75, 3.05) is 0 Å². The van der Waals surface area contributed by atoms with Gasteiger partial charge in [-0.3, -0.25) is 4.79 Å². The van der Waals surface area contributed by atoms with Crippen molar-refractivity contribution in [1.29, 1.82) is 0 Å². The van der Waals surface area contributed by atoms with Gasteiger partial charge in [0.15, 0.2) is 0 Å². The van der Waals surface area contributed by atoms with E-state index in [1.807, 2.05) is 25.1 Å². The van der Waals surface area contributed by atoms with E-state index in [9.17, 15) is 9.90 Å². The third-order valence-corrected chi connectivity index (χ3v) is 2.75. The van der Waals surface area contributed by atoms with Gasteiger partial charge in [0.25, 0.3) is 0 Å². The van der Waals surface area contributed by atoms with Crippen LogP contribution in [0.2, 0.25) is 0 Å². The lowest BCUT2D eigenvalue weighted by Crippen LogP contribution is -2.02. The molecule has 0 spiro atoms. The summed E-state index contributed by atoms with van der Waals surface area (Å²) in [5, 5.41) is 11.5. The summed E-state index contributed by atoms with van der Waals surface area (Å²) in [6.45, 7) is 5.07. The molecule has 0 bridgehead atoms. The van der Waals surface area contributed by atoms with Gasteiger partial charge in [0.1, 0.15) is 11.5 Å². The van der Waals surface area contributed by atoms with Gasteiger partial charge in [-0.2, -0.15) is 0 Å². The Morgan fingerprint density at radius 2 is 1.94 bits per heavy atom. The fraction of sp³-hybridized carbons (Fsp3) is 0.214. The lowest BCUT2D eigenvalue weighted by molar-refractivity contribution is -0.131. The van der Waals surface area contributed by atoms with Crippen LogP contribution in [-0.4, -0.2) is 11.1 Å². The SMILES string of the molecule is CC(=O)Oc1cc(C)c(O)c2cccc(C)c12. The zero-order valence-corrected chi connectivity index (χ0v) is 10.1. The normalized spacial score (nSPS) is 10.5. The zero-order valence-electron chi connectivity index (χ0n) is 10.1. The summed E-state index contributed by atoms with van der Waals surface area (Å²) >= 11 is 0. The number of phenols is 1. The Kier molecular flexibility index (Phi) is 2.76. The van der Waals surface area contributed by atoms with Gasteiger partial charge in [-0.15, -0.1) is 0 Å². The highest BCUT2D eigenvalue weighted by Crippen LogP contribution is 2.37. The predicted octanol–water partition coefficient (Wildman–Crippen LogP) is 3.09. The summed E-state index contributed by atoms with van der Waals surface area (Å²) in [7, 11) is 0. The van der Waals surface area contributed by atoms with E-state index in [2.05, 4.69) is 0 Å². The molecule has 3 nitrogen and oxygen atoms in total. The second kappa shape index (κ2) is 4.09. The highest BCUT2D eigenvalue weighted by atomic mass is 16.5. The van der Waals surface area contributed by atoms with Gasteiger partial charge in [0.05, 0.1) is 0 Å². The third-order valence-electron chi connectivity index (χ3n) is 2.75. The van der Waals surface area contributed by atoms with Crippen LogP contribution in [0.3, 0.4) is 0 Å². The fourth-order valence-corrected chi connectivity index (χ4v) is 1.98. The molecule has 0 unspecified atom stereocenters. The van der Waals surface area contributed by atoms with E-state index in [4.69, 9.17) is 4.74 Å². The van der Waals surface area contributed by atoms with Crippen LogP contribution in [0.25, 0.3) is 10.8 Å². The summed E-state index contributed by atoms with van der Waals surface area (Å²) in [4.78, 5) is 11.1. The number of fused-ring (bicyclic) bond motifs is 1. The molecule has 2 rings (SSSR count). The fourth-order valence-electron chi connectivity index (χ4n) is 1.98. The molecule has 0 heterocycles. The van der Waals surface area contributed by atoms with Crippen molar-refractivity contribution in [2.45, 2.75) is 20.8 Å². The molecule has 2 aromatic carbocycles. The molecule has 0 amide bonds. The first kappa shape index (κ1) is 11.5. The molecule has 0 aliphatic carbocycles. The van der Waals surface area contributed by atoms with Crippen molar-refractivity contribution in [3.05, 3.63) is 35.4 Å². The molecule has 0 aliphatic heterocycles. The van der Waals surface area contributed by atoms with Crippen molar-refractivity contribution < 1.29 is 14.6 Å². The lowest BCUT2D eigenvalue weighted by Gasteiger charge is -2.12. The van der Waals surface area contributed by atoms with E-state index < -0.39 is 0 Å². The molecule has 0 fully saturated rings. The maximum absolute atomic E-state index is 11.1. The smallest absolute Gasteiger partial charge is 0.308 e. The molecule has 17 heavy (non-hydrogen) atoms. The molecular formula is C14H14O3. The highest BCUT2D eigenvalue weighted by molar-refractivity contribution is 5.97. The van der Waals surface area contributed by atoms with E-state index in [0.717, 1.165) is 10.9 Å². The van der Waals surface area contributed by atoms with Crippen molar-refractivity contribution >= 4 is 16.7 Å². The third kappa shape index (κ3) is 1.96. The topological polar surface area (TPSA) is 46.5 Å². The summed E-state index contributed by atoms with van der Waals surface area (Å²) < 4.78 is 5.19. The van der Waals surface area contributed by atoms with Crippen LogP contribution in [0, 0.1) is 13.8 Å². The first-order valence-corrected chi connectivity index (χ1v) is 5.41. The Labute approximate surface area is 99.6 Å². The predicted molar refractivity (Wildman–Crippen MR) is 66.4 cm³/mol. The minimum Gasteiger partial charge on any atom is -0.507 e. The van der Waals surface area contributed by atoms with Crippen LogP contribution in [-0.2, 0) is 4.79 Å². The number of hydrogen-bond donors (Lipinski definition) is 1. The van der Waals surface area contributed by atoms with Crippen molar-refractivity contribution in [1.82, 2.24) is 0 Å². The van der Waals surface area contributed by atoms with Gasteiger partial charge in [-0.05, 0) is 31.0 Å². The number of rotatable bonds is 1. The maximum atomic E-state index is 11.1. The molecule has 0 aliphatic rings. The number of ether oxygens (including phenoxy) is 1. The minimum atomic E-state index is -0.361. The molecule has 0 saturated carbocycles. The van der Waals surface area contributed by atoms with E-state index in [1.54, 1.807) is 13.0 Å². The number of benzene rings is 2. The summed E-state index contributed by atoms with van der Waals surface area (Å²) in [5.41, 5.74) is 1.66. The van der Waals surface area contributed by atoms with Gasteiger partial charge in [-0.25, -0.2) is 0 Å².